The van der Waals surface area contributed by atoms with Gasteiger partial charge in [0.15, 0.2) is 0 Å². The van der Waals surface area contributed by atoms with Crippen LogP contribution in [0.3, 0.4) is 0 Å². The molecule has 0 atom stereocenters. The Labute approximate surface area is 140 Å². The molecule has 3 rings (SSSR count). The van der Waals surface area contributed by atoms with Crippen molar-refractivity contribution in [3.8, 4) is 0 Å². The molecule has 0 fully saturated rings. The van der Waals surface area contributed by atoms with E-state index in [0.29, 0.717) is 23.7 Å². The fraction of sp³-hybridized carbons (Fsp3) is 0.214. The van der Waals surface area contributed by atoms with Gasteiger partial charge in [-0.1, -0.05) is 17.8 Å². The average Bonchev–Trinajstić information content (AvgIpc) is 3.21. The number of carbonyl (C=O) groups is 1. The number of halogens is 1. The van der Waals surface area contributed by atoms with Gasteiger partial charge < -0.3 is 9.73 Å². The normalized spacial score (nSPS) is 10.8. The van der Waals surface area contributed by atoms with Gasteiger partial charge in [0.25, 0.3) is 5.22 Å². The number of amides is 1. The molecule has 2 aromatic heterocycles. The van der Waals surface area contributed by atoms with Gasteiger partial charge in [-0.05, 0) is 24.6 Å². The number of carbonyl (C=O) groups excluding carboxylic acids is 1. The van der Waals surface area contributed by atoms with Crippen molar-refractivity contribution in [1.29, 1.82) is 0 Å². The van der Waals surface area contributed by atoms with Crippen molar-refractivity contribution in [2.75, 3.05) is 11.1 Å². The van der Waals surface area contributed by atoms with Gasteiger partial charge in [0.05, 0.1) is 5.75 Å². The molecule has 10 heteroatoms. The highest BCUT2D eigenvalue weighted by Gasteiger charge is 2.11. The molecular weight excluding hydrogens is 335 g/mol. The lowest BCUT2D eigenvalue weighted by Gasteiger charge is -2.05. The highest BCUT2D eigenvalue weighted by atomic mass is 32.2. The number of benzene rings is 1. The van der Waals surface area contributed by atoms with Crippen LogP contribution in [0.15, 0.2) is 40.5 Å². The molecule has 0 unspecified atom stereocenters. The van der Waals surface area contributed by atoms with E-state index in [0.717, 1.165) is 11.8 Å². The van der Waals surface area contributed by atoms with Crippen molar-refractivity contribution in [3.05, 3.63) is 48.1 Å². The molecule has 0 radical (unpaired) electrons. The minimum absolute atomic E-state index is 0.0699. The summed E-state index contributed by atoms with van der Waals surface area (Å²) in [6.07, 6.45) is 2.94. The van der Waals surface area contributed by atoms with E-state index in [1.54, 1.807) is 23.7 Å². The molecule has 124 valence electrons. The molecule has 0 aliphatic carbocycles. The number of nitrogens with zero attached hydrogens (tertiary/aromatic N) is 5. The van der Waals surface area contributed by atoms with E-state index in [9.17, 15) is 9.18 Å². The summed E-state index contributed by atoms with van der Waals surface area (Å²) in [5.41, 5.74) is 0.925. The van der Waals surface area contributed by atoms with Crippen LogP contribution >= 0.6 is 11.8 Å². The Morgan fingerprint density at radius 3 is 3.04 bits per heavy atom. The minimum atomic E-state index is -0.366. The Morgan fingerprint density at radius 2 is 2.29 bits per heavy atom. The minimum Gasteiger partial charge on any atom is -0.414 e. The molecule has 1 amide bonds. The molecule has 0 spiro atoms. The highest BCUT2D eigenvalue weighted by Crippen LogP contribution is 2.18. The second-order valence-corrected chi connectivity index (χ2v) is 5.78. The first kappa shape index (κ1) is 16.1. The fourth-order valence-electron chi connectivity index (χ4n) is 1.81. The summed E-state index contributed by atoms with van der Waals surface area (Å²) in [5.74, 6) is -0.223. The summed E-state index contributed by atoms with van der Waals surface area (Å²) >= 11 is 1.10. The zero-order chi connectivity index (χ0) is 16.9. The van der Waals surface area contributed by atoms with Gasteiger partial charge in [-0.15, -0.1) is 10.2 Å². The third kappa shape index (κ3) is 4.16. The van der Waals surface area contributed by atoms with Crippen LogP contribution < -0.4 is 5.32 Å². The lowest BCUT2D eigenvalue weighted by atomic mass is 10.2. The van der Waals surface area contributed by atoms with Gasteiger partial charge in [-0.2, -0.15) is 5.10 Å². The second-order valence-electron chi connectivity index (χ2n) is 4.86. The van der Waals surface area contributed by atoms with Crippen molar-refractivity contribution in [2.24, 2.45) is 0 Å². The summed E-state index contributed by atoms with van der Waals surface area (Å²) in [4.78, 5) is 15.7. The van der Waals surface area contributed by atoms with Crippen LogP contribution in [0.2, 0.25) is 0 Å². The Hall–Kier alpha value is -2.75. The quantitative estimate of drug-likeness (QED) is 0.679. The molecule has 2 heterocycles. The Bertz CT molecular complexity index is 836. The summed E-state index contributed by atoms with van der Waals surface area (Å²) < 4.78 is 20.4. The largest absolute Gasteiger partial charge is 0.414 e. The van der Waals surface area contributed by atoms with Crippen molar-refractivity contribution in [3.63, 3.8) is 0 Å². The number of aryl methyl sites for hydroxylation is 1. The van der Waals surface area contributed by atoms with E-state index in [4.69, 9.17) is 4.42 Å². The first-order chi connectivity index (χ1) is 11.6. The third-order valence-electron chi connectivity index (χ3n) is 2.99. The maximum atomic E-state index is 13.4. The summed E-state index contributed by atoms with van der Waals surface area (Å²) in [5, 5.41) is 14.5. The average molecular weight is 348 g/mol. The highest BCUT2D eigenvalue weighted by molar-refractivity contribution is 7.99. The number of thioether (sulfide) groups is 1. The van der Waals surface area contributed by atoms with E-state index in [1.165, 1.54) is 18.7 Å². The molecule has 1 aromatic carbocycles. The zero-order valence-electron chi connectivity index (χ0n) is 12.6. The first-order valence-electron chi connectivity index (χ1n) is 6.94. The topological polar surface area (TPSA) is 98.7 Å². The van der Waals surface area contributed by atoms with Crippen molar-refractivity contribution >= 4 is 23.4 Å². The van der Waals surface area contributed by atoms with Crippen molar-refractivity contribution < 1.29 is 13.6 Å². The van der Waals surface area contributed by atoms with E-state index >= 15 is 0 Å². The van der Waals surface area contributed by atoms with Crippen molar-refractivity contribution in [2.45, 2.75) is 18.7 Å². The number of nitrogens with one attached hydrogen (secondary N) is 1. The zero-order valence-corrected chi connectivity index (χ0v) is 13.5. The molecule has 24 heavy (non-hydrogen) atoms. The number of hydrogen-bond donors (Lipinski definition) is 1. The number of aromatic nitrogens is 5. The van der Waals surface area contributed by atoms with Crippen LogP contribution in [-0.2, 0) is 11.3 Å². The van der Waals surface area contributed by atoms with Crippen LogP contribution in [0, 0.1) is 12.7 Å². The maximum absolute atomic E-state index is 13.4. The Balaban J connectivity index is 1.51. The van der Waals surface area contributed by atoms with E-state index in [1.807, 2.05) is 0 Å². The predicted molar refractivity (Wildman–Crippen MR) is 83.9 cm³/mol. The van der Waals surface area contributed by atoms with Crippen molar-refractivity contribution in [1.82, 2.24) is 25.0 Å². The molecule has 3 aromatic rings. The number of rotatable bonds is 6. The Kier molecular flexibility index (Phi) is 4.85. The van der Waals surface area contributed by atoms with Crippen LogP contribution in [0.25, 0.3) is 0 Å². The summed E-state index contributed by atoms with van der Waals surface area (Å²) in [6.45, 7) is 1.96. The second kappa shape index (κ2) is 7.21. The van der Waals surface area contributed by atoms with Crippen LogP contribution in [0.5, 0.6) is 0 Å². The number of hydrogen-bond acceptors (Lipinski definition) is 7. The Morgan fingerprint density at radius 1 is 1.42 bits per heavy atom. The lowest BCUT2D eigenvalue weighted by molar-refractivity contribution is -0.113. The molecule has 0 saturated heterocycles. The van der Waals surface area contributed by atoms with Gasteiger partial charge in [-0.3, -0.25) is 4.79 Å². The van der Waals surface area contributed by atoms with Crippen LogP contribution in [0.1, 0.15) is 11.5 Å². The molecule has 0 aliphatic heterocycles. The third-order valence-corrected chi connectivity index (χ3v) is 3.81. The van der Waals surface area contributed by atoms with E-state index in [-0.39, 0.29) is 22.7 Å². The molecule has 1 N–H and O–H groups in total. The first-order valence-corrected chi connectivity index (χ1v) is 7.92. The monoisotopic (exact) mass is 348 g/mol. The maximum Gasteiger partial charge on any atom is 0.277 e. The summed E-state index contributed by atoms with van der Waals surface area (Å²) in [7, 11) is 0. The predicted octanol–water partition coefficient (Wildman–Crippen LogP) is 1.89. The van der Waals surface area contributed by atoms with Gasteiger partial charge in [0, 0.05) is 5.69 Å². The van der Waals surface area contributed by atoms with Gasteiger partial charge in [0.2, 0.25) is 11.8 Å². The van der Waals surface area contributed by atoms with Crippen LogP contribution in [0.4, 0.5) is 10.1 Å². The standard InChI is InChI=1S/C14H13FN6O2S/c1-9-2-3-10(4-11(9)15)18-12(22)6-24-14-20-19-13(23-14)5-21-8-16-7-17-21/h2-4,7-8H,5-6H2,1H3,(H,18,22). The van der Waals surface area contributed by atoms with E-state index in [2.05, 4.69) is 25.6 Å². The molecular formula is C14H13FN6O2S. The molecule has 0 saturated carbocycles. The van der Waals surface area contributed by atoms with Gasteiger partial charge in [0.1, 0.15) is 25.0 Å². The molecule has 0 bridgehead atoms. The van der Waals surface area contributed by atoms with Crippen LogP contribution in [-0.4, -0.2) is 36.6 Å². The van der Waals surface area contributed by atoms with Gasteiger partial charge >= 0.3 is 0 Å². The SMILES string of the molecule is Cc1ccc(NC(=O)CSc2nnc(Cn3cncn3)o2)cc1F. The smallest absolute Gasteiger partial charge is 0.277 e. The molecule has 0 aliphatic rings. The van der Waals surface area contributed by atoms with E-state index < -0.39 is 0 Å². The van der Waals surface area contributed by atoms with Gasteiger partial charge in [-0.25, -0.2) is 14.1 Å². The summed E-state index contributed by atoms with van der Waals surface area (Å²) in [6, 6.07) is 4.53. The lowest BCUT2D eigenvalue weighted by Crippen LogP contribution is -2.14. The number of anilines is 1. The fourth-order valence-corrected chi connectivity index (χ4v) is 2.39. The molecule has 8 nitrogen and oxygen atoms in total.